The number of benzene rings is 1. The van der Waals surface area contributed by atoms with Gasteiger partial charge in [0.15, 0.2) is 0 Å². The number of piperidine rings is 2. The van der Waals surface area contributed by atoms with E-state index in [1.54, 1.807) is 0 Å². The third-order valence-electron chi connectivity index (χ3n) is 6.55. The fourth-order valence-electron chi connectivity index (χ4n) is 4.82. The van der Waals surface area contributed by atoms with Gasteiger partial charge in [-0.05, 0) is 94.6 Å². The van der Waals surface area contributed by atoms with E-state index in [2.05, 4.69) is 53.9 Å². The Morgan fingerprint density at radius 3 is 2.07 bits per heavy atom. The van der Waals surface area contributed by atoms with Gasteiger partial charge in [0.05, 0.1) is 6.04 Å². The molecule has 2 aliphatic rings. The summed E-state index contributed by atoms with van der Waals surface area (Å²) in [6.07, 6.45) is 5.53. The summed E-state index contributed by atoms with van der Waals surface area (Å²) >= 11 is 3.60. The van der Waals surface area contributed by atoms with Crippen LogP contribution < -0.4 is 5.73 Å². The standard InChI is InChI=1S/C22H34BrN3O/c1-15-12-17(13-16(2)21(15)23)14-20(24)22(27)26-10-6-19(7-11-26)18-4-8-25(3)9-5-18/h12-13,18-20H,4-11,14,24H2,1-3H3/t20-/m0/s1. The van der Waals surface area contributed by atoms with Crippen molar-refractivity contribution in [3.8, 4) is 0 Å². The van der Waals surface area contributed by atoms with E-state index in [1.807, 2.05) is 4.90 Å². The van der Waals surface area contributed by atoms with Crippen LogP contribution in [0.15, 0.2) is 16.6 Å². The van der Waals surface area contributed by atoms with Gasteiger partial charge in [0.2, 0.25) is 5.91 Å². The van der Waals surface area contributed by atoms with E-state index in [4.69, 9.17) is 5.73 Å². The third-order valence-corrected chi connectivity index (χ3v) is 7.80. The van der Waals surface area contributed by atoms with Crippen LogP contribution >= 0.6 is 15.9 Å². The van der Waals surface area contributed by atoms with Gasteiger partial charge in [-0.15, -0.1) is 0 Å². The Kier molecular flexibility index (Phi) is 6.98. The zero-order valence-electron chi connectivity index (χ0n) is 17.0. The quantitative estimate of drug-likeness (QED) is 0.786. The number of rotatable bonds is 4. The summed E-state index contributed by atoms with van der Waals surface area (Å²) in [7, 11) is 2.22. The number of aryl methyl sites for hydroxylation is 2. The molecule has 3 rings (SSSR count). The van der Waals surface area contributed by atoms with E-state index in [0.717, 1.165) is 47.8 Å². The molecule has 0 saturated carbocycles. The predicted molar refractivity (Wildman–Crippen MR) is 115 cm³/mol. The first-order chi connectivity index (χ1) is 12.8. The summed E-state index contributed by atoms with van der Waals surface area (Å²) in [6.45, 7) is 8.37. The minimum Gasteiger partial charge on any atom is -0.341 e. The predicted octanol–water partition coefficient (Wildman–Crippen LogP) is 3.52. The Labute approximate surface area is 172 Å². The van der Waals surface area contributed by atoms with Crippen molar-refractivity contribution in [1.82, 2.24) is 9.80 Å². The zero-order chi connectivity index (χ0) is 19.6. The van der Waals surface area contributed by atoms with E-state index in [0.29, 0.717) is 6.42 Å². The molecule has 5 heteroatoms. The monoisotopic (exact) mass is 435 g/mol. The highest BCUT2D eigenvalue weighted by Gasteiger charge is 2.31. The topological polar surface area (TPSA) is 49.6 Å². The molecule has 2 saturated heterocycles. The normalized spacial score (nSPS) is 21.4. The van der Waals surface area contributed by atoms with Crippen molar-refractivity contribution in [3.05, 3.63) is 33.3 Å². The molecule has 150 valence electrons. The maximum atomic E-state index is 12.9. The molecule has 1 aromatic carbocycles. The lowest BCUT2D eigenvalue weighted by molar-refractivity contribution is -0.134. The van der Waals surface area contributed by atoms with Gasteiger partial charge in [-0.1, -0.05) is 28.1 Å². The van der Waals surface area contributed by atoms with Crippen molar-refractivity contribution in [3.63, 3.8) is 0 Å². The lowest BCUT2D eigenvalue weighted by atomic mass is 9.79. The molecule has 27 heavy (non-hydrogen) atoms. The molecule has 0 spiro atoms. The molecular weight excluding hydrogens is 402 g/mol. The van der Waals surface area contributed by atoms with Gasteiger partial charge in [0.1, 0.15) is 0 Å². The molecule has 0 aromatic heterocycles. The molecule has 2 heterocycles. The van der Waals surface area contributed by atoms with E-state index in [9.17, 15) is 4.79 Å². The van der Waals surface area contributed by atoms with Crippen LogP contribution in [0.3, 0.4) is 0 Å². The molecule has 0 radical (unpaired) electrons. The number of nitrogens with zero attached hydrogens (tertiary/aromatic N) is 2. The Morgan fingerprint density at radius 1 is 1.07 bits per heavy atom. The van der Waals surface area contributed by atoms with Crippen LogP contribution in [0.4, 0.5) is 0 Å². The average Bonchev–Trinajstić information content (AvgIpc) is 2.66. The van der Waals surface area contributed by atoms with Gasteiger partial charge < -0.3 is 15.5 Å². The number of likely N-dealkylation sites (tertiary alicyclic amines) is 2. The highest BCUT2D eigenvalue weighted by Crippen LogP contribution is 2.32. The van der Waals surface area contributed by atoms with E-state index in [1.165, 1.54) is 37.1 Å². The summed E-state index contributed by atoms with van der Waals surface area (Å²) in [5, 5.41) is 0. The number of hydrogen-bond donors (Lipinski definition) is 1. The van der Waals surface area contributed by atoms with Crippen molar-refractivity contribution in [2.75, 3.05) is 33.2 Å². The van der Waals surface area contributed by atoms with Crippen molar-refractivity contribution >= 4 is 21.8 Å². The largest absolute Gasteiger partial charge is 0.341 e. The highest BCUT2D eigenvalue weighted by atomic mass is 79.9. The maximum Gasteiger partial charge on any atom is 0.239 e. The number of amides is 1. The Hall–Kier alpha value is -0.910. The molecule has 1 aromatic rings. The first kappa shape index (κ1) is 20.8. The number of nitrogens with two attached hydrogens (primary N) is 1. The summed E-state index contributed by atoms with van der Waals surface area (Å²) in [4.78, 5) is 17.3. The Morgan fingerprint density at radius 2 is 1.56 bits per heavy atom. The molecule has 4 nitrogen and oxygen atoms in total. The lowest BCUT2D eigenvalue weighted by Crippen LogP contribution is -2.49. The van der Waals surface area contributed by atoms with E-state index < -0.39 is 6.04 Å². The average molecular weight is 436 g/mol. The molecule has 2 N–H and O–H groups in total. The number of halogens is 1. The minimum atomic E-state index is -0.440. The summed E-state index contributed by atoms with van der Waals surface area (Å²) < 4.78 is 1.14. The highest BCUT2D eigenvalue weighted by molar-refractivity contribution is 9.10. The first-order valence-electron chi connectivity index (χ1n) is 10.3. The van der Waals surface area contributed by atoms with Crippen molar-refractivity contribution < 1.29 is 4.79 Å². The SMILES string of the molecule is Cc1cc(C[C@H](N)C(=O)N2CCC(C3CCN(C)CC3)CC2)cc(C)c1Br. The first-order valence-corrected chi connectivity index (χ1v) is 11.1. The second-order valence-corrected chi connectivity index (χ2v) is 9.45. The third kappa shape index (κ3) is 5.12. The van der Waals surface area contributed by atoms with Crippen LogP contribution in [0.2, 0.25) is 0 Å². The minimum absolute atomic E-state index is 0.120. The van der Waals surface area contributed by atoms with Crippen LogP contribution in [0.25, 0.3) is 0 Å². The van der Waals surface area contributed by atoms with Crippen LogP contribution in [0, 0.1) is 25.7 Å². The molecule has 0 unspecified atom stereocenters. The van der Waals surface area contributed by atoms with Crippen LogP contribution in [-0.2, 0) is 11.2 Å². The van der Waals surface area contributed by atoms with Gasteiger partial charge in [0, 0.05) is 17.6 Å². The van der Waals surface area contributed by atoms with Gasteiger partial charge >= 0.3 is 0 Å². The Bertz CT molecular complexity index is 639. The number of carbonyl (C=O) groups excluding carboxylic acids is 1. The van der Waals surface area contributed by atoms with Gasteiger partial charge in [-0.3, -0.25) is 4.79 Å². The lowest BCUT2D eigenvalue weighted by Gasteiger charge is -2.40. The van der Waals surface area contributed by atoms with Gasteiger partial charge in [-0.25, -0.2) is 0 Å². The molecular formula is C22H34BrN3O. The van der Waals surface area contributed by atoms with E-state index in [-0.39, 0.29) is 5.91 Å². The van der Waals surface area contributed by atoms with Crippen molar-refractivity contribution in [2.45, 2.75) is 52.0 Å². The number of hydrogen-bond acceptors (Lipinski definition) is 3. The molecule has 1 atom stereocenters. The molecule has 1 amide bonds. The second kappa shape index (κ2) is 9.06. The van der Waals surface area contributed by atoms with Crippen LogP contribution in [0.5, 0.6) is 0 Å². The van der Waals surface area contributed by atoms with Crippen molar-refractivity contribution in [1.29, 1.82) is 0 Å². The number of carbonyl (C=O) groups is 1. The fraction of sp³-hybridized carbons (Fsp3) is 0.682. The molecule has 0 bridgehead atoms. The Balaban J connectivity index is 1.51. The fourth-order valence-corrected chi connectivity index (χ4v) is 5.05. The molecule has 2 fully saturated rings. The zero-order valence-corrected chi connectivity index (χ0v) is 18.6. The maximum absolute atomic E-state index is 12.9. The summed E-state index contributed by atoms with van der Waals surface area (Å²) in [5.41, 5.74) is 9.85. The molecule has 2 aliphatic heterocycles. The van der Waals surface area contributed by atoms with Gasteiger partial charge in [-0.2, -0.15) is 0 Å². The smallest absolute Gasteiger partial charge is 0.239 e. The van der Waals surface area contributed by atoms with Crippen molar-refractivity contribution in [2.24, 2.45) is 17.6 Å². The summed E-state index contributed by atoms with van der Waals surface area (Å²) in [6, 6.07) is 3.83. The van der Waals surface area contributed by atoms with E-state index >= 15 is 0 Å². The second-order valence-electron chi connectivity index (χ2n) is 8.66. The van der Waals surface area contributed by atoms with Crippen LogP contribution in [0.1, 0.15) is 42.4 Å². The summed E-state index contributed by atoms with van der Waals surface area (Å²) in [5.74, 6) is 1.76. The van der Waals surface area contributed by atoms with Gasteiger partial charge in [0.25, 0.3) is 0 Å². The molecule has 0 aliphatic carbocycles. The van der Waals surface area contributed by atoms with Crippen LogP contribution in [-0.4, -0.2) is 55.0 Å².